The minimum absolute atomic E-state index is 0.156. The molecule has 0 saturated heterocycles. The van der Waals surface area contributed by atoms with Gasteiger partial charge in [0.2, 0.25) is 5.91 Å². The summed E-state index contributed by atoms with van der Waals surface area (Å²) in [6.07, 6.45) is 7.00. The maximum atomic E-state index is 12.6. The van der Waals surface area contributed by atoms with Crippen LogP contribution in [0.5, 0.6) is 0 Å². The zero-order chi connectivity index (χ0) is 14.1. The van der Waals surface area contributed by atoms with Crippen LogP contribution in [0.1, 0.15) is 54.4 Å². The molecule has 1 fully saturated rings. The Balaban J connectivity index is 1.85. The average Bonchev–Trinajstić information content (AvgIpc) is 2.51. The van der Waals surface area contributed by atoms with Crippen molar-refractivity contribution >= 4 is 17.4 Å². The Morgan fingerprint density at radius 2 is 1.90 bits per heavy atom. The summed E-state index contributed by atoms with van der Waals surface area (Å²) in [4.78, 5) is 25.9. The number of rotatable bonds is 2. The van der Waals surface area contributed by atoms with Gasteiger partial charge in [0.1, 0.15) is 0 Å². The minimum atomic E-state index is 0.156. The highest BCUT2D eigenvalue weighted by atomic mass is 16.2. The molecule has 1 aromatic carbocycles. The van der Waals surface area contributed by atoms with E-state index in [0.717, 1.165) is 36.1 Å². The Labute approximate surface area is 120 Å². The van der Waals surface area contributed by atoms with Gasteiger partial charge in [-0.15, -0.1) is 0 Å². The molecule has 0 spiro atoms. The number of amides is 1. The Morgan fingerprint density at radius 1 is 1.15 bits per heavy atom. The van der Waals surface area contributed by atoms with E-state index >= 15 is 0 Å². The predicted octanol–water partition coefficient (Wildman–Crippen LogP) is 3.36. The lowest BCUT2D eigenvalue weighted by Gasteiger charge is -2.26. The van der Waals surface area contributed by atoms with Crippen molar-refractivity contribution in [3.8, 4) is 0 Å². The summed E-state index contributed by atoms with van der Waals surface area (Å²) >= 11 is 0. The molecule has 3 heteroatoms. The van der Waals surface area contributed by atoms with Crippen molar-refractivity contribution in [2.24, 2.45) is 5.92 Å². The molecule has 3 rings (SSSR count). The number of Topliss-reactive ketones (excluding diaryl/α,β-unsaturated/α-hetero) is 1. The number of carbonyl (C=O) groups excluding carboxylic acids is 2. The van der Waals surface area contributed by atoms with Crippen LogP contribution >= 0.6 is 0 Å². The first-order valence-electron chi connectivity index (χ1n) is 7.60. The van der Waals surface area contributed by atoms with Crippen molar-refractivity contribution in [3.63, 3.8) is 0 Å². The quantitative estimate of drug-likeness (QED) is 0.773. The minimum Gasteiger partial charge on any atom is -0.315 e. The van der Waals surface area contributed by atoms with Gasteiger partial charge in [0.25, 0.3) is 0 Å². The lowest BCUT2D eigenvalue weighted by Crippen LogP contribution is -2.31. The van der Waals surface area contributed by atoms with Crippen LogP contribution in [-0.2, 0) is 11.2 Å². The van der Waals surface area contributed by atoms with Gasteiger partial charge in [0, 0.05) is 30.6 Å². The maximum absolute atomic E-state index is 12.6. The lowest BCUT2D eigenvalue weighted by atomic mass is 9.83. The SMILES string of the molecule is CN1C(=O)CCc2cc(C(=O)C3CCCCC3)ccc21. The van der Waals surface area contributed by atoms with Gasteiger partial charge >= 0.3 is 0 Å². The summed E-state index contributed by atoms with van der Waals surface area (Å²) in [5, 5.41) is 0. The van der Waals surface area contributed by atoms with Crippen LogP contribution in [0.25, 0.3) is 0 Å². The van der Waals surface area contributed by atoms with Crippen molar-refractivity contribution < 1.29 is 9.59 Å². The fourth-order valence-electron chi connectivity index (χ4n) is 3.41. The molecule has 0 bridgehead atoms. The van der Waals surface area contributed by atoms with E-state index in [4.69, 9.17) is 0 Å². The highest BCUT2D eigenvalue weighted by molar-refractivity contribution is 6.00. The Hall–Kier alpha value is -1.64. The molecule has 106 valence electrons. The summed E-state index contributed by atoms with van der Waals surface area (Å²) in [5.41, 5.74) is 2.92. The number of hydrogen-bond donors (Lipinski definition) is 0. The van der Waals surface area contributed by atoms with E-state index in [2.05, 4.69) is 0 Å². The number of hydrogen-bond acceptors (Lipinski definition) is 2. The molecule has 0 N–H and O–H groups in total. The molecule has 1 heterocycles. The van der Waals surface area contributed by atoms with Gasteiger partial charge in [0.15, 0.2) is 5.78 Å². The number of benzene rings is 1. The first-order valence-corrected chi connectivity index (χ1v) is 7.60. The van der Waals surface area contributed by atoms with Crippen LogP contribution < -0.4 is 4.90 Å². The summed E-state index contributed by atoms with van der Waals surface area (Å²) in [6, 6.07) is 5.84. The van der Waals surface area contributed by atoms with E-state index < -0.39 is 0 Å². The molecule has 0 radical (unpaired) electrons. The lowest BCUT2D eigenvalue weighted by molar-refractivity contribution is -0.118. The summed E-state index contributed by atoms with van der Waals surface area (Å²) in [5.74, 6) is 0.667. The molecular formula is C17H21NO2. The molecule has 1 aliphatic heterocycles. The van der Waals surface area contributed by atoms with Gasteiger partial charge in [-0.25, -0.2) is 0 Å². The van der Waals surface area contributed by atoms with Gasteiger partial charge in [0.05, 0.1) is 0 Å². The van der Waals surface area contributed by atoms with Gasteiger partial charge < -0.3 is 4.90 Å². The zero-order valence-electron chi connectivity index (χ0n) is 12.0. The third kappa shape index (κ3) is 2.37. The fraction of sp³-hybridized carbons (Fsp3) is 0.529. The second-order valence-corrected chi connectivity index (χ2v) is 6.00. The summed E-state index contributed by atoms with van der Waals surface area (Å²) in [6.45, 7) is 0. The average molecular weight is 271 g/mol. The Morgan fingerprint density at radius 3 is 2.65 bits per heavy atom. The molecular weight excluding hydrogens is 250 g/mol. The van der Waals surface area contributed by atoms with Gasteiger partial charge in [-0.2, -0.15) is 0 Å². The smallest absolute Gasteiger partial charge is 0.227 e. The normalized spacial score (nSPS) is 19.9. The van der Waals surface area contributed by atoms with Crippen LogP contribution in [0, 0.1) is 5.92 Å². The third-order valence-corrected chi connectivity index (χ3v) is 4.68. The van der Waals surface area contributed by atoms with Crippen molar-refractivity contribution in [2.45, 2.75) is 44.9 Å². The summed E-state index contributed by atoms with van der Waals surface area (Å²) in [7, 11) is 1.81. The van der Waals surface area contributed by atoms with Gasteiger partial charge in [-0.3, -0.25) is 9.59 Å². The van der Waals surface area contributed by atoms with E-state index in [0.29, 0.717) is 12.2 Å². The molecule has 1 aliphatic carbocycles. The standard InChI is InChI=1S/C17H21NO2/c1-18-15-9-7-14(11-13(15)8-10-16(18)19)17(20)12-5-3-2-4-6-12/h7,9,11-12H,2-6,8,10H2,1H3. The van der Waals surface area contributed by atoms with E-state index in [1.165, 1.54) is 19.3 Å². The molecule has 1 aromatic rings. The zero-order valence-corrected chi connectivity index (χ0v) is 12.0. The second kappa shape index (κ2) is 5.39. The Kier molecular flexibility index (Phi) is 3.60. The van der Waals surface area contributed by atoms with Crippen LogP contribution in [0.4, 0.5) is 5.69 Å². The maximum Gasteiger partial charge on any atom is 0.227 e. The van der Waals surface area contributed by atoms with Crippen molar-refractivity contribution in [1.29, 1.82) is 0 Å². The van der Waals surface area contributed by atoms with Crippen molar-refractivity contribution in [2.75, 3.05) is 11.9 Å². The number of fused-ring (bicyclic) bond motifs is 1. The molecule has 0 atom stereocenters. The fourth-order valence-corrected chi connectivity index (χ4v) is 3.41. The number of nitrogens with zero attached hydrogens (tertiary/aromatic N) is 1. The topological polar surface area (TPSA) is 37.4 Å². The predicted molar refractivity (Wildman–Crippen MR) is 79.1 cm³/mol. The molecule has 0 aromatic heterocycles. The highest BCUT2D eigenvalue weighted by Gasteiger charge is 2.25. The van der Waals surface area contributed by atoms with E-state index in [9.17, 15) is 9.59 Å². The largest absolute Gasteiger partial charge is 0.315 e. The van der Waals surface area contributed by atoms with Crippen LogP contribution in [0.3, 0.4) is 0 Å². The number of anilines is 1. The van der Waals surface area contributed by atoms with Crippen molar-refractivity contribution in [3.05, 3.63) is 29.3 Å². The van der Waals surface area contributed by atoms with E-state index in [-0.39, 0.29) is 11.8 Å². The van der Waals surface area contributed by atoms with Crippen LogP contribution in [0.2, 0.25) is 0 Å². The third-order valence-electron chi connectivity index (χ3n) is 4.68. The van der Waals surface area contributed by atoms with E-state index in [1.54, 1.807) is 4.90 Å². The van der Waals surface area contributed by atoms with Gasteiger partial charge in [-0.05, 0) is 43.0 Å². The first kappa shape index (κ1) is 13.3. The molecule has 3 nitrogen and oxygen atoms in total. The molecule has 20 heavy (non-hydrogen) atoms. The Bertz CT molecular complexity index is 544. The number of ketones is 1. The molecule has 2 aliphatic rings. The monoisotopic (exact) mass is 271 g/mol. The number of carbonyl (C=O) groups is 2. The van der Waals surface area contributed by atoms with Gasteiger partial charge in [-0.1, -0.05) is 19.3 Å². The van der Waals surface area contributed by atoms with Crippen molar-refractivity contribution in [1.82, 2.24) is 0 Å². The first-order chi connectivity index (χ1) is 9.66. The molecule has 0 unspecified atom stereocenters. The van der Waals surface area contributed by atoms with Crippen LogP contribution in [0.15, 0.2) is 18.2 Å². The molecule has 1 saturated carbocycles. The summed E-state index contributed by atoms with van der Waals surface area (Å²) < 4.78 is 0. The highest BCUT2D eigenvalue weighted by Crippen LogP contribution is 2.31. The number of aryl methyl sites for hydroxylation is 1. The van der Waals surface area contributed by atoms with E-state index in [1.807, 2.05) is 25.2 Å². The molecule has 1 amide bonds. The second-order valence-electron chi connectivity index (χ2n) is 6.00. The van der Waals surface area contributed by atoms with Crippen LogP contribution in [-0.4, -0.2) is 18.7 Å².